The van der Waals surface area contributed by atoms with Crippen molar-refractivity contribution in [3.63, 3.8) is 0 Å². The van der Waals surface area contributed by atoms with Gasteiger partial charge in [0.2, 0.25) is 6.41 Å². The van der Waals surface area contributed by atoms with Crippen molar-refractivity contribution in [1.29, 1.82) is 0 Å². The largest absolute Gasteiger partial charge is 0.449 e. The Labute approximate surface area is 168 Å². The molecule has 10 heteroatoms. The molecule has 4 atom stereocenters. The van der Waals surface area contributed by atoms with Gasteiger partial charge in [0.15, 0.2) is 9.03 Å². The van der Waals surface area contributed by atoms with Gasteiger partial charge in [0.1, 0.15) is 12.1 Å². The normalized spacial score (nSPS) is 22.9. The lowest BCUT2D eigenvalue weighted by atomic mass is 10.1. The molecule has 1 saturated heterocycles. The van der Waals surface area contributed by atoms with Gasteiger partial charge in [-0.1, -0.05) is 26.7 Å². The second kappa shape index (κ2) is 14.5. The maximum Gasteiger partial charge on any atom is 0.412 e. The Balaban J connectivity index is 2.51. The summed E-state index contributed by atoms with van der Waals surface area (Å²) in [6, 6.07) is 0. The molecule has 28 heavy (non-hydrogen) atoms. The van der Waals surface area contributed by atoms with Gasteiger partial charge in [-0.3, -0.25) is 10.1 Å². The molecule has 0 radical (unpaired) electrons. The van der Waals surface area contributed by atoms with E-state index in [1.54, 1.807) is 13.3 Å². The summed E-state index contributed by atoms with van der Waals surface area (Å²) in [6.45, 7) is 4.98. The number of ether oxygens (including phenoxy) is 2. The SMILES string of the molecule is CCCCCOC(=O)NC(/C=C\N(C)C1OC(COPOC)CC1C)=NC=O. The molecule has 0 bridgehead atoms. The lowest BCUT2D eigenvalue weighted by molar-refractivity contribution is -0.106. The fourth-order valence-corrected chi connectivity index (χ4v) is 3.18. The Morgan fingerprint density at radius 2 is 2.21 bits per heavy atom. The Hall–Kier alpha value is -1.54. The lowest BCUT2D eigenvalue weighted by Gasteiger charge is -2.26. The maximum atomic E-state index is 11.8. The first-order valence-electron chi connectivity index (χ1n) is 9.42. The number of nitrogens with one attached hydrogen (secondary N) is 1. The zero-order chi connectivity index (χ0) is 20.8. The molecule has 0 aromatic heterocycles. The minimum Gasteiger partial charge on any atom is -0.449 e. The second-order valence-electron chi connectivity index (χ2n) is 6.53. The van der Waals surface area contributed by atoms with Crippen LogP contribution < -0.4 is 5.32 Å². The van der Waals surface area contributed by atoms with Crippen molar-refractivity contribution in [3.05, 3.63) is 12.3 Å². The van der Waals surface area contributed by atoms with E-state index in [0.29, 0.717) is 19.6 Å². The van der Waals surface area contributed by atoms with Crippen molar-refractivity contribution in [2.24, 2.45) is 10.9 Å². The van der Waals surface area contributed by atoms with E-state index in [9.17, 15) is 9.59 Å². The minimum atomic E-state index is -0.634. The van der Waals surface area contributed by atoms with Crippen LogP contribution in [0.4, 0.5) is 4.79 Å². The number of carbonyl (C=O) groups excluding carboxylic acids is 2. The topological polar surface area (TPSA) is 98.7 Å². The predicted octanol–water partition coefficient (Wildman–Crippen LogP) is 2.83. The van der Waals surface area contributed by atoms with Crippen LogP contribution in [0.2, 0.25) is 0 Å². The number of hydrogen-bond acceptors (Lipinski definition) is 7. The summed E-state index contributed by atoms with van der Waals surface area (Å²) in [6.07, 6.45) is 6.54. The first-order chi connectivity index (χ1) is 13.5. The molecule has 1 heterocycles. The highest BCUT2D eigenvalue weighted by molar-refractivity contribution is 7.26. The van der Waals surface area contributed by atoms with Crippen molar-refractivity contribution in [3.8, 4) is 0 Å². The Kier molecular flexibility index (Phi) is 12.6. The molecule has 1 fully saturated rings. The molecule has 2 amide bonds. The van der Waals surface area contributed by atoms with Gasteiger partial charge < -0.3 is 23.4 Å². The average Bonchev–Trinajstić information content (AvgIpc) is 3.04. The number of hydrogen-bond donors (Lipinski definition) is 1. The van der Waals surface area contributed by atoms with E-state index >= 15 is 0 Å². The van der Waals surface area contributed by atoms with Crippen LogP contribution in [0.15, 0.2) is 17.3 Å². The molecule has 0 aliphatic carbocycles. The molecule has 160 valence electrons. The van der Waals surface area contributed by atoms with Crippen LogP contribution in [0.1, 0.15) is 39.5 Å². The summed E-state index contributed by atoms with van der Waals surface area (Å²) in [7, 11) is 3.45. The van der Waals surface area contributed by atoms with Gasteiger partial charge in [0, 0.05) is 26.3 Å². The van der Waals surface area contributed by atoms with Gasteiger partial charge in [-0.05, 0) is 18.9 Å². The van der Waals surface area contributed by atoms with Crippen molar-refractivity contribution in [2.45, 2.75) is 51.9 Å². The number of amides is 2. The summed E-state index contributed by atoms with van der Waals surface area (Å²) in [5.41, 5.74) is 0. The smallest absolute Gasteiger partial charge is 0.412 e. The van der Waals surface area contributed by atoms with Crippen LogP contribution in [0.3, 0.4) is 0 Å². The summed E-state index contributed by atoms with van der Waals surface area (Å²) in [5.74, 6) is 0.395. The third kappa shape index (κ3) is 9.59. The van der Waals surface area contributed by atoms with Gasteiger partial charge in [0.05, 0.1) is 19.3 Å². The highest BCUT2D eigenvalue weighted by Crippen LogP contribution is 2.29. The van der Waals surface area contributed by atoms with Gasteiger partial charge in [-0.15, -0.1) is 0 Å². The third-order valence-electron chi connectivity index (χ3n) is 4.14. The third-order valence-corrected chi connectivity index (χ3v) is 4.59. The second-order valence-corrected chi connectivity index (χ2v) is 7.39. The van der Waals surface area contributed by atoms with Crippen LogP contribution in [0, 0.1) is 5.92 Å². The molecular formula is C18H32N3O6P. The van der Waals surface area contributed by atoms with E-state index in [2.05, 4.69) is 24.2 Å². The number of alkyl carbamates (subject to hydrolysis) is 1. The van der Waals surface area contributed by atoms with E-state index in [0.717, 1.165) is 25.7 Å². The van der Waals surface area contributed by atoms with Gasteiger partial charge in [-0.25, -0.2) is 4.79 Å². The van der Waals surface area contributed by atoms with Crippen molar-refractivity contribution >= 4 is 27.4 Å². The molecule has 0 aromatic rings. The molecule has 1 aliphatic heterocycles. The Morgan fingerprint density at radius 1 is 1.43 bits per heavy atom. The fourth-order valence-electron chi connectivity index (χ4n) is 2.81. The van der Waals surface area contributed by atoms with E-state index in [1.165, 1.54) is 6.08 Å². The number of rotatable bonds is 12. The monoisotopic (exact) mass is 417 g/mol. The number of nitrogens with zero attached hydrogens (tertiary/aromatic N) is 2. The standard InChI is InChI=1S/C18H32N3O6P/c1-5-6-7-10-25-18(23)20-16(19-13-22)8-9-21(3)17-14(2)11-15(27-17)12-26-28-24-4/h8-9,13-15,17,28H,5-7,10-12H2,1-4H3,(H,19,20,22,23)/b9-8-. The van der Waals surface area contributed by atoms with Crippen molar-refractivity contribution < 1.29 is 28.1 Å². The van der Waals surface area contributed by atoms with Gasteiger partial charge in [0.25, 0.3) is 0 Å². The molecule has 1 rings (SSSR count). The molecule has 0 saturated carbocycles. The highest BCUT2D eigenvalue weighted by Gasteiger charge is 2.34. The Morgan fingerprint density at radius 3 is 2.89 bits per heavy atom. The first kappa shape index (κ1) is 24.5. The Bertz CT molecular complexity index is 531. The number of amidine groups is 1. The number of aliphatic imine (C=N–C) groups is 1. The zero-order valence-electron chi connectivity index (χ0n) is 17.1. The molecule has 0 aromatic carbocycles. The molecule has 4 unspecified atom stereocenters. The molecular weight excluding hydrogens is 385 g/mol. The predicted molar refractivity (Wildman–Crippen MR) is 108 cm³/mol. The minimum absolute atomic E-state index is 0.00200. The van der Waals surface area contributed by atoms with Crippen LogP contribution in [-0.4, -0.2) is 62.9 Å². The van der Waals surface area contributed by atoms with Crippen LogP contribution in [-0.2, 0) is 23.3 Å². The van der Waals surface area contributed by atoms with E-state index in [1.807, 2.05) is 11.9 Å². The van der Waals surface area contributed by atoms with E-state index < -0.39 is 6.09 Å². The summed E-state index contributed by atoms with van der Waals surface area (Å²) >= 11 is 0. The zero-order valence-corrected chi connectivity index (χ0v) is 18.1. The van der Waals surface area contributed by atoms with Crippen LogP contribution in [0.25, 0.3) is 0 Å². The summed E-state index contributed by atoms with van der Waals surface area (Å²) in [4.78, 5) is 28.0. The quantitative estimate of drug-likeness (QED) is 0.171. The van der Waals surface area contributed by atoms with Crippen molar-refractivity contribution in [2.75, 3.05) is 27.4 Å². The van der Waals surface area contributed by atoms with Crippen LogP contribution in [0.5, 0.6) is 0 Å². The summed E-state index contributed by atoms with van der Waals surface area (Å²) < 4.78 is 21.4. The average molecular weight is 417 g/mol. The lowest BCUT2D eigenvalue weighted by Crippen LogP contribution is -2.33. The summed E-state index contributed by atoms with van der Waals surface area (Å²) in [5, 5.41) is 2.47. The van der Waals surface area contributed by atoms with Crippen molar-refractivity contribution in [1.82, 2.24) is 10.2 Å². The molecule has 0 spiro atoms. The molecule has 9 nitrogen and oxygen atoms in total. The maximum absolute atomic E-state index is 11.8. The number of carbonyl (C=O) groups is 2. The first-order valence-corrected chi connectivity index (χ1v) is 10.2. The fraction of sp³-hybridized carbons (Fsp3) is 0.722. The highest BCUT2D eigenvalue weighted by atomic mass is 31.1. The van der Waals surface area contributed by atoms with Gasteiger partial charge >= 0.3 is 6.09 Å². The van der Waals surface area contributed by atoms with Crippen LogP contribution >= 0.6 is 9.03 Å². The molecule has 1 aliphatic rings. The van der Waals surface area contributed by atoms with E-state index in [4.69, 9.17) is 18.5 Å². The number of unbranched alkanes of at least 4 members (excludes halogenated alkanes) is 2. The van der Waals surface area contributed by atoms with E-state index in [-0.39, 0.29) is 33.1 Å². The van der Waals surface area contributed by atoms with Gasteiger partial charge in [-0.2, -0.15) is 4.99 Å². The molecule has 1 N–H and O–H groups in total.